The number of ketones is 1. The smallest absolute Gasteiger partial charge is 0.326 e. The lowest BCUT2D eigenvalue weighted by Crippen LogP contribution is -2.35. The average Bonchev–Trinajstić information content (AvgIpc) is 3.14. The number of rotatable bonds is 7. The summed E-state index contributed by atoms with van der Waals surface area (Å²) in [6.45, 7) is 2.45. The lowest BCUT2D eigenvalue weighted by Gasteiger charge is -2.14. The van der Waals surface area contributed by atoms with E-state index in [0.29, 0.717) is 11.3 Å². The zero-order valence-corrected chi connectivity index (χ0v) is 14.3. The Bertz CT molecular complexity index is 796. The molecule has 0 aliphatic rings. The highest BCUT2D eigenvalue weighted by Gasteiger charge is 2.19. The first-order chi connectivity index (χ1) is 12.4. The minimum atomic E-state index is -1.06. The number of anilines is 1. The minimum absolute atomic E-state index is 0.0672. The summed E-state index contributed by atoms with van der Waals surface area (Å²) < 4.78 is 9.85. The molecule has 8 heteroatoms. The van der Waals surface area contributed by atoms with Gasteiger partial charge >= 0.3 is 5.97 Å². The Morgan fingerprint density at radius 1 is 1.12 bits per heavy atom. The fraction of sp³-hybridized carbons (Fsp3) is 0.222. The van der Waals surface area contributed by atoms with Gasteiger partial charge in [0.1, 0.15) is 6.54 Å². The van der Waals surface area contributed by atoms with Crippen LogP contribution < -0.4 is 10.6 Å². The van der Waals surface area contributed by atoms with Gasteiger partial charge in [0.25, 0.3) is 11.8 Å². The summed E-state index contributed by atoms with van der Waals surface area (Å²) in [5.74, 6) is -1.88. The molecule has 1 heterocycles. The van der Waals surface area contributed by atoms with Crippen molar-refractivity contribution >= 4 is 29.3 Å². The van der Waals surface area contributed by atoms with Crippen molar-refractivity contribution in [3.8, 4) is 0 Å². The van der Waals surface area contributed by atoms with Crippen molar-refractivity contribution in [1.82, 2.24) is 5.32 Å². The van der Waals surface area contributed by atoms with E-state index in [2.05, 4.69) is 10.6 Å². The van der Waals surface area contributed by atoms with Gasteiger partial charge in [0.2, 0.25) is 0 Å². The molecule has 0 saturated carbocycles. The molecule has 1 unspecified atom stereocenters. The SMILES string of the molecule is CC(=O)c1ccc(NC(=O)C(C)OC(=O)CNC(=O)c2ccco2)cc1. The first-order valence-electron chi connectivity index (χ1n) is 7.80. The third-order valence-electron chi connectivity index (χ3n) is 3.37. The van der Waals surface area contributed by atoms with E-state index in [1.807, 2.05) is 0 Å². The number of carbonyl (C=O) groups excluding carboxylic acids is 4. The molecule has 0 radical (unpaired) electrons. The van der Waals surface area contributed by atoms with Crippen LogP contribution in [0.5, 0.6) is 0 Å². The lowest BCUT2D eigenvalue weighted by molar-refractivity contribution is -0.152. The number of Topliss-reactive ketones (excluding diaryl/α,β-unsaturated/α-hetero) is 1. The van der Waals surface area contributed by atoms with E-state index in [0.717, 1.165) is 0 Å². The Balaban J connectivity index is 1.79. The molecule has 8 nitrogen and oxygen atoms in total. The molecule has 0 fully saturated rings. The standard InChI is InChI=1S/C18H18N2O6/c1-11(21)13-5-7-14(8-6-13)20-17(23)12(2)26-16(22)10-19-18(24)15-4-3-9-25-15/h3-9,12H,10H2,1-2H3,(H,19,24)(H,20,23). The third kappa shape index (κ3) is 5.30. The number of hydrogen-bond donors (Lipinski definition) is 2. The van der Waals surface area contributed by atoms with Gasteiger partial charge in [-0.05, 0) is 50.2 Å². The molecule has 0 aliphatic heterocycles. The largest absolute Gasteiger partial charge is 0.459 e. The fourth-order valence-corrected chi connectivity index (χ4v) is 1.97. The van der Waals surface area contributed by atoms with Gasteiger partial charge in [-0.3, -0.25) is 19.2 Å². The van der Waals surface area contributed by atoms with Crippen LogP contribution in [0.4, 0.5) is 5.69 Å². The van der Waals surface area contributed by atoms with Gasteiger partial charge in [0, 0.05) is 11.3 Å². The molecule has 0 aliphatic carbocycles. The normalized spacial score (nSPS) is 11.3. The number of esters is 1. The Labute approximate surface area is 149 Å². The quantitative estimate of drug-likeness (QED) is 0.576. The Kier molecular flexibility index (Phi) is 6.26. The van der Waals surface area contributed by atoms with Gasteiger partial charge in [0.05, 0.1) is 6.26 Å². The molecule has 2 rings (SSSR count). The van der Waals surface area contributed by atoms with Crippen molar-refractivity contribution < 1.29 is 28.3 Å². The first-order valence-corrected chi connectivity index (χ1v) is 7.80. The van der Waals surface area contributed by atoms with Crippen molar-refractivity contribution in [3.63, 3.8) is 0 Å². The molecule has 1 aromatic carbocycles. The minimum Gasteiger partial charge on any atom is -0.459 e. The van der Waals surface area contributed by atoms with Gasteiger partial charge in [-0.1, -0.05) is 0 Å². The van der Waals surface area contributed by atoms with Crippen molar-refractivity contribution in [3.05, 3.63) is 54.0 Å². The van der Waals surface area contributed by atoms with Crippen molar-refractivity contribution in [1.29, 1.82) is 0 Å². The highest BCUT2D eigenvalue weighted by Crippen LogP contribution is 2.11. The zero-order valence-electron chi connectivity index (χ0n) is 14.3. The molecule has 2 N–H and O–H groups in total. The maximum atomic E-state index is 12.0. The van der Waals surface area contributed by atoms with E-state index in [9.17, 15) is 19.2 Å². The molecule has 0 spiro atoms. The van der Waals surface area contributed by atoms with E-state index < -0.39 is 30.4 Å². The van der Waals surface area contributed by atoms with E-state index in [4.69, 9.17) is 9.15 Å². The Morgan fingerprint density at radius 2 is 1.81 bits per heavy atom. The fourth-order valence-electron chi connectivity index (χ4n) is 1.97. The predicted octanol–water partition coefficient (Wildman–Crippen LogP) is 1.78. The van der Waals surface area contributed by atoms with E-state index in [-0.39, 0.29) is 11.5 Å². The number of amides is 2. The highest BCUT2D eigenvalue weighted by molar-refractivity contribution is 5.97. The summed E-state index contributed by atoms with van der Waals surface area (Å²) in [5.41, 5.74) is 0.990. The average molecular weight is 358 g/mol. The molecule has 26 heavy (non-hydrogen) atoms. The number of nitrogens with one attached hydrogen (secondary N) is 2. The van der Waals surface area contributed by atoms with Crippen LogP contribution in [0.2, 0.25) is 0 Å². The summed E-state index contributed by atoms with van der Waals surface area (Å²) in [6, 6.07) is 9.31. The number of hydrogen-bond acceptors (Lipinski definition) is 6. The summed E-state index contributed by atoms with van der Waals surface area (Å²) in [6.07, 6.45) is 0.276. The second-order valence-corrected chi connectivity index (χ2v) is 5.41. The maximum Gasteiger partial charge on any atom is 0.326 e. The van der Waals surface area contributed by atoms with Gasteiger partial charge in [0.15, 0.2) is 17.6 Å². The molecule has 1 aromatic heterocycles. The number of carbonyl (C=O) groups is 4. The maximum absolute atomic E-state index is 12.0. The zero-order chi connectivity index (χ0) is 19.1. The second kappa shape index (κ2) is 8.61. The monoisotopic (exact) mass is 358 g/mol. The van der Waals surface area contributed by atoms with Crippen LogP contribution in [0.25, 0.3) is 0 Å². The van der Waals surface area contributed by atoms with Crippen molar-refractivity contribution in [2.45, 2.75) is 20.0 Å². The summed E-state index contributed by atoms with van der Waals surface area (Å²) in [5, 5.41) is 4.90. The predicted molar refractivity (Wildman–Crippen MR) is 91.7 cm³/mol. The molecule has 2 amide bonds. The first kappa shape index (κ1) is 18.9. The summed E-state index contributed by atoms with van der Waals surface area (Å²) in [7, 11) is 0. The topological polar surface area (TPSA) is 115 Å². The van der Waals surface area contributed by atoms with Gasteiger partial charge in [-0.25, -0.2) is 0 Å². The molecular formula is C18H18N2O6. The molecule has 136 valence electrons. The van der Waals surface area contributed by atoms with E-state index >= 15 is 0 Å². The third-order valence-corrected chi connectivity index (χ3v) is 3.37. The van der Waals surface area contributed by atoms with Crippen LogP contribution in [0, 0.1) is 0 Å². The summed E-state index contributed by atoms with van der Waals surface area (Å²) in [4.78, 5) is 46.6. The number of benzene rings is 1. The van der Waals surface area contributed by atoms with Crippen LogP contribution >= 0.6 is 0 Å². The Morgan fingerprint density at radius 3 is 2.38 bits per heavy atom. The molecule has 0 bridgehead atoms. The van der Waals surface area contributed by atoms with Gasteiger partial charge in [-0.15, -0.1) is 0 Å². The number of furan rings is 1. The van der Waals surface area contributed by atoms with Crippen LogP contribution in [-0.4, -0.2) is 36.2 Å². The van der Waals surface area contributed by atoms with Crippen molar-refractivity contribution in [2.75, 3.05) is 11.9 Å². The second-order valence-electron chi connectivity index (χ2n) is 5.41. The van der Waals surface area contributed by atoms with Crippen LogP contribution in [0.1, 0.15) is 34.8 Å². The van der Waals surface area contributed by atoms with Crippen LogP contribution in [0.3, 0.4) is 0 Å². The highest BCUT2D eigenvalue weighted by atomic mass is 16.5. The van der Waals surface area contributed by atoms with Gasteiger partial charge < -0.3 is 19.8 Å². The molecule has 2 aromatic rings. The van der Waals surface area contributed by atoms with Gasteiger partial charge in [-0.2, -0.15) is 0 Å². The molecule has 1 atom stereocenters. The summed E-state index contributed by atoms with van der Waals surface area (Å²) >= 11 is 0. The molecule has 0 saturated heterocycles. The van der Waals surface area contributed by atoms with E-state index in [1.165, 1.54) is 26.2 Å². The lowest BCUT2D eigenvalue weighted by atomic mass is 10.1. The molecular weight excluding hydrogens is 340 g/mol. The van der Waals surface area contributed by atoms with Crippen LogP contribution in [0.15, 0.2) is 47.1 Å². The Hall–Kier alpha value is -3.42. The van der Waals surface area contributed by atoms with E-state index in [1.54, 1.807) is 30.3 Å². The number of ether oxygens (including phenoxy) is 1. The van der Waals surface area contributed by atoms with Crippen molar-refractivity contribution in [2.24, 2.45) is 0 Å². The van der Waals surface area contributed by atoms with Crippen LogP contribution in [-0.2, 0) is 14.3 Å².